The van der Waals surface area contributed by atoms with Gasteiger partial charge in [0.1, 0.15) is 12.1 Å². The first kappa shape index (κ1) is 13.8. The van der Waals surface area contributed by atoms with E-state index in [4.69, 9.17) is 4.98 Å². The van der Waals surface area contributed by atoms with Crippen molar-refractivity contribution < 1.29 is 0 Å². The smallest absolute Gasteiger partial charge is 0.143 e. The Kier molecular flexibility index (Phi) is 3.71. The molecule has 4 heteroatoms. The summed E-state index contributed by atoms with van der Waals surface area (Å²) in [6, 6.07) is 10.3. The fourth-order valence-corrected chi connectivity index (χ4v) is 2.64. The number of nitrogens with zero attached hydrogens (tertiary/aromatic N) is 3. The molecule has 108 valence electrons. The molecule has 3 rings (SSSR count). The lowest BCUT2D eigenvalue weighted by atomic mass is 10.1. The van der Waals surface area contributed by atoms with Crippen molar-refractivity contribution in [3.05, 3.63) is 53.5 Å². The van der Waals surface area contributed by atoms with Crippen LogP contribution in [0.3, 0.4) is 0 Å². The molecule has 0 spiro atoms. The van der Waals surface area contributed by atoms with Gasteiger partial charge in [0, 0.05) is 17.8 Å². The van der Waals surface area contributed by atoms with Crippen LogP contribution in [0.15, 0.2) is 36.7 Å². The van der Waals surface area contributed by atoms with Gasteiger partial charge < -0.3 is 5.32 Å². The number of hydrogen-bond acceptors (Lipinski definition) is 3. The number of aryl methyl sites for hydroxylation is 2. The number of benzene rings is 1. The van der Waals surface area contributed by atoms with Crippen LogP contribution in [0.25, 0.3) is 16.9 Å². The average molecular weight is 280 g/mol. The summed E-state index contributed by atoms with van der Waals surface area (Å²) >= 11 is 0. The zero-order valence-corrected chi connectivity index (χ0v) is 12.7. The second-order valence-electron chi connectivity index (χ2n) is 5.27. The molecule has 3 aromatic rings. The van der Waals surface area contributed by atoms with Crippen molar-refractivity contribution in [3.63, 3.8) is 0 Å². The van der Waals surface area contributed by atoms with Crippen LogP contribution in [0.4, 0.5) is 0 Å². The van der Waals surface area contributed by atoms with Gasteiger partial charge in [-0.1, -0.05) is 19.1 Å². The number of imidazole rings is 1. The van der Waals surface area contributed by atoms with E-state index >= 15 is 0 Å². The molecule has 0 saturated carbocycles. The Morgan fingerprint density at radius 2 is 2.00 bits per heavy atom. The minimum Gasteiger partial charge on any atom is -0.313 e. The van der Waals surface area contributed by atoms with Gasteiger partial charge in [0.05, 0.1) is 11.0 Å². The maximum atomic E-state index is 4.76. The molecule has 0 saturated heterocycles. The second-order valence-corrected chi connectivity index (χ2v) is 5.27. The van der Waals surface area contributed by atoms with Crippen molar-refractivity contribution in [2.24, 2.45) is 0 Å². The van der Waals surface area contributed by atoms with Gasteiger partial charge in [0.2, 0.25) is 0 Å². The number of rotatable bonds is 4. The van der Waals surface area contributed by atoms with E-state index in [1.54, 1.807) is 0 Å². The molecular weight excluding hydrogens is 260 g/mol. The molecule has 0 atom stereocenters. The molecule has 1 N–H and O–H groups in total. The normalized spacial score (nSPS) is 11.2. The molecule has 0 aliphatic rings. The van der Waals surface area contributed by atoms with Crippen molar-refractivity contribution >= 4 is 11.0 Å². The van der Waals surface area contributed by atoms with Gasteiger partial charge in [-0.3, -0.25) is 4.57 Å². The van der Waals surface area contributed by atoms with E-state index in [2.05, 4.69) is 40.8 Å². The molecular formula is C17H20N4. The van der Waals surface area contributed by atoms with E-state index < -0.39 is 0 Å². The van der Waals surface area contributed by atoms with Crippen molar-refractivity contribution in [1.82, 2.24) is 19.9 Å². The quantitative estimate of drug-likeness (QED) is 0.798. The minimum atomic E-state index is 0.817. The summed E-state index contributed by atoms with van der Waals surface area (Å²) in [5.41, 5.74) is 5.60. The number of aromatic nitrogens is 3. The molecule has 1 aromatic carbocycles. The van der Waals surface area contributed by atoms with E-state index in [0.717, 1.165) is 35.6 Å². The second kappa shape index (κ2) is 5.66. The lowest BCUT2D eigenvalue weighted by Gasteiger charge is -2.14. The first-order valence-corrected chi connectivity index (χ1v) is 7.31. The fourth-order valence-electron chi connectivity index (χ4n) is 2.64. The zero-order valence-electron chi connectivity index (χ0n) is 12.7. The van der Waals surface area contributed by atoms with Gasteiger partial charge >= 0.3 is 0 Å². The van der Waals surface area contributed by atoms with Crippen molar-refractivity contribution in [3.8, 4) is 5.82 Å². The summed E-state index contributed by atoms with van der Waals surface area (Å²) in [4.78, 5) is 9.24. The Morgan fingerprint density at radius 1 is 1.19 bits per heavy atom. The maximum absolute atomic E-state index is 4.76. The molecule has 2 heterocycles. The molecule has 21 heavy (non-hydrogen) atoms. The standard InChI is InChI=1S/C17H20N4/c1-4-18-10-14-12(2)9-13(3)20-17(14)21-11-19-15-7-5-6-8-16(15)21/h5-9,11,18H,4,10H2,1-3H3. The van der Waals surface area contributed by atoms with E-state index in [9.17, 15) is 0 Å². The number of nitrogens with one attached hydrogen (secondary N) is 1. The van der Waals surface area contributed by atoms with Crippen LogP contribution < -0.4 is 5.32 Å². The number of hydrogen-bond donors (Lipinski definition) is 1. The van der Waals surface area contributed by atoms with E-state index in [1.165, 1.54) is 11.1 Å². The summed E-state index contributed by atoms with van der Waals surface area (Å²) in [6.07, 6.45) is 1.86. The number of fused-ring (bicyclic) bond motifs is 1. The summed E-state index contributed by atoms with van der Waals surface area (Å²) in [7, 11) is 0. The molecule has 0 radical (unpaired) electrons. The van der Waals surface area contributed by atoms with Crippen LogP contribution in [0, 0.1) is 13.8 Å². The van der Waals surface area contributed by atoms with Crippen LogP contribution in [-0.2, 0) is 6.54 Å². The predicted octanol–water partition coefficient (Wildman–Crippen LogP) is 3.15. The molecule has 0 bridgehead atoms. The average Bonchev–Trinajstić information content (AvgIpc) is 2.89. The summed E-state index contributed by atoms with van der Waals surface area (Å²) < 4.78 is 2.09. The highest BCUT2D eigenvalue weighted by atomic mass is 15.1. The van der Waals surface area contributed by atoms with Gasteiger partial charge in [0.25, 0.3) is 0 Å². The van der Waals surface area contributed by atoms with Gasteiger partial charge in [0.15, 0.2) is 0 Å². The Hall–Kier alpha value is -2.20. The third-order valence-electron chi connectivity index (χ3n) is 3.69. The highest BCUT2D eigenvalue weighted by molar-refractivity contribution is 5.77. The molecule has 0 aliphatic heterocycles. The molecule has 0 amide bonds. The largest absolute Gasteiger partial charge is 0.313 e. The van der Waals surface area contributed by atoms with Gasteiger partial charge in [-0.25, -0.2) is 9.97 Å². The van der Waals surface area contributed by atoms with Crippen molar-refractivity contribution in [2.45, 2.75) is 27.3 Å². The molecule has 0 aliphatic carbocycles. The van der Waals surface area contributed by atoms with Gasteiger partial charge in [-0.05, 0) is 44.2 Å². The molecule has 2 aromatic heterocycles. The number of para-hydroxylation sites is 2. The SMILES string of the molecule is CCNCc1c(C)cc(C)nc1-n1cnc2ccccc21. The van der Waals surface area contributed by atoms with Crippen LogP contribution in [0.2, 0.25) is 0 Å². The van der Waals surface area contributed by atoms with Gasteiger partial charge in [-0.2, -0.15) is 0 Å². The van der Waals surface area contributed by atoms with Crippen LogP contribution in [0.1, 0.15) is 23.7 Å². The first-order valence-electron chi connectivity index (χ1n) is 7.31. The summed E-state index contributed by atoms with van der Waals surface area (Å²) in [5, 5.41) is 3.40. The van der Waals surface area contributed by atoms with Crippen molar-refractivity contribution in [2.75, 3.05) is 6.54 Å². The fraction of sp³-hybridized carbons (Fsp3) is 0.294. The van der Waals surface area contributed by atoms with Crippen LogP contribution in [0.5, 0.6) is 0 Å². The third-order valence-corrected chi connectivity index (χ3v) is 3.69. The predicted molar refractivity (Wildman–Crippen MR) is 85.7 cm³/mol. The maximum Gasteiger partial charge on any atom is 0.143 e. The Labute approximate surface area is 124 Å². The molecule has 4 nitrogen and oxygen atoms in total. The Morgan fingerprint density at radius 3 is 2.81 bits per heavy atom. The lowest BCUT2D eigenvalue weighted by Crippen LogP contribution is -2.16. The van der Waals surface area contributed by atoms with Crippen LogP contribution >= 0.6 is 0 Å². The highest BCUT2D eigenvalue weighted by Crippen LogP contribution is 2.22. The van der Waals surface area contributed by atoms with E-state index in [-0.39, 0.29) is 0 Å². The molecule has 0 fully saturated rings. The zero-order chi connectivity index (χ0) is 14.8. The lowest BCUT2D eigenvalue weighted by molar-refractivity contribution is 0.714. The first-order chi connectivity index (χ1) is 10.2. The van der Waals surface area contributed by atoms with E-state index in [0.29, 0.717) is 0 Å². The minimum absolute atomic E-state index is 0.817. The van der Waals surface area contributed by atoms with Crippen molar-refractivity contribution in [1.29, 1.82) is 0 Å². The highest BCUT2D eigenvalue weighted by Gasteiger charge is 2.13. The Balaban J connectivity index is 2.20. The van der Waals surface area contributed by atoms with Crippen LogP contribution in [-0.4, -0.2) is 21.1 Å². The monoisotopic (exact) mass is 280 g/mol. The summed E-state index contributed by atoms with van der Waals surface area (Å²) in [5.74, 6) is 0.974. The van der Waals surface area contributed by atoms with Gasteiger partial charge in [-0.15, -0.1) is 0 Å². The Bertz CT molecular complexity index is 774. The summed E-state index contributed by atoms with van der Waals surface area (Å²) in [6.45, 7) is 8.05. The third kappa shape index (κ3) is 2.54. The topological polar surface area (TPSA) is 42.7 Å². The molecule has 0 unspecified atom stereocenters. The number of pyridine rings is 1. The van der Waals surface area contributed by atoms with E-state index in [1.807, 2.05) is 31.5 Å².